The number of aromatic nitrogens is 6. The number of fused-ring (bicyclic) bond motifs is 1. The van der Waals surface area contributed by atoms with E-state index in [2.05, 4.69) is 35.2 Å². The highest BCUT2D eigenvalue weighted by atomic mass is 35.5. The topological polar surface area (TPSA) is 253 Å². The SMILES string of the molecule is CCOC(=O)CN(CCNS(=O)(=O)c1nnc(-c2ccc(Cl)cc2[N+](=O)[O-])s1)C(=O)Cn1cnc2c(NC(=O)OCc3ccc(OC)cc3)ncnc21. The van der Waals surface area contributed by atoms with E-state index in [-0.39, 0.29) is 71.1 Å². The second-order valence-electron chi connectivity index (χ2n) is 10.6. The number of carbonyl (C=O) groups is 3. The van der Waals surface area contributed by atoms with Gasteiger partial charge in [-0.3, -0.25) is 25.0 Å². The molecule has 0 saturated heterocycles. The Morgan fingerprint density at radius 1 is 1.08 bits per heavy atom. The maximum absolute atomic E-state index is 13.5. The fourth-order valence-electron chi connectivity index (χ4n) is 4.63. The molecule has 3 aromatic heterocycles. The number of benzene rings is 2. The molecule has 0 atom stereocenters. The molecule has 23 heteroatoms. The van der Waals surface area contributed by atoms with Gasteiger partial charge in [-0.05, 0) is 36.8 Å². The number of halogens is 1. The lowest BCUT2D eigenvalue weighted by Crippen LogP contribution is -2.43. The van der Waals surface area contributed by atoms with Crippen LogP contribution in [0.15, 0.2) is 59.5 Å². The Hall–Kier alpha value is -5.84. The van der Waals surface area contributed by atoms with Crippen molar-refractivity contribution in [3.05, 3.63) is 75.8 Å². The quantitative estimate of drug-likeness (QED) is 0.0828. The van der Waals surface area contributed by atoms with Crippen molar-refractivity contribution in [1.29, 1.82) is 0 Å². The average Bonchev–Trinajstić information content (AvgIpc) is 3.80. The van der Waals surface area contributed by atoms with E-state index in [9.17, 15) is 32.9 Å². The Morgan fingerprint density at radius 2 is 1.85 bits per heavy atom. The number of rotatable bonds is 16. The van der Waals surface area contributed by atoms with Crippen LogP contribution < -0.4 is 14.8 Å². The first-order chi connectivity index (χ1) is 25.4. The first-order valence-corrected chi connectivity index (χ1v) is 18.0. The van der Waals surface area contributed by atoms with E-state index in [1.54, 1.807) is 31.2 Å². The number of nitrogens with zero attached hydrogens (tertiary/aromatic N) is 8. The van der Waals surface area contributed by atoms with Gasteiger partial charge in [-0.1, -0.05) is 35.1 Å². The number of ether oxygens (including phenoxy) is 3. The Kier molecular flexibility index (Phi) is 12.4. The minimum atomic E-state index is -4.30. The molecule has 0 spiro atoms. The van der Waals surface area contributed by atoms with Crippen LogP contribution in [0, 0.1) is 10.1 Å². The van der Waals surface area contributed by atoms with Crippen LogP contribution in [0.2, 0.25) is 5.02 Å². The molecule has 20 nitrogen and oxygen atoms in total. The number of imidazole rings is 1. The summed E-state index contributed by atoms with van der Waals surface area (Å²) in [4.78, 5) is 62.7. The highest BCUT2D eigenvalue weighted by molar-refractivity contribution is 7.91. The number of amides is 2. The van der Waals surface area contributed by atoms with Gasteiger partial charge in [-0.2, -0.15) is 0 Å². The van der Waals surface area contributed by atoms with Crippen molar-refractivity contribution >= 4 is 73.6 Å². The van der Waals surface area contributed by atoms with Gasteiger partial charge in [0.05, 0.1) is 30.5 Å². The molecule has 2 N–H and O–H groups in total. The smallest absolute Gasteiger partial charge is 0.413 e. The number of carbonyl (C=O) groups excluding carboxylic acids is 3. The molecule has 0 aliphatic heterocycles. The summed E-state index contributed by atoms with van der Waals surface area (Å²) in [6.07, 6.45) is 1.62. The molecule has 5 rings (SSSR count). The summed E-state index contributed by atoms with van der Waals surface area (Å²) in [7, 11) is -2.76. The molecule has 278 valence electrons. The number of nitro benzene ring substituents is 1. The summed E-state index contributed by atoms with van der Waals surface area (Å²) in [6.45, 7) is 0.0653. The van der Waals surface area contributed by atoms with Crippen molar-refractivity contribution in [2.24, 2.45) is 0 Å². The lowest BCUT2D eigenvalue weighted by molar-refractivity contribution is -0.384. The second-order valence-corrected chi connectivity index (χ2v) is 14.0. The van der Waals surface area contributed by atoms with Crippen LogP contribution in [-0.4, -0.2) is 99.3 Å². The Bertz CT molecular complexity index is 2250. The zero-order valence-electron chi connectivity index (χ0n) is 27.8. The van der Waals surface area contributed by atoms with Crippen molar-refractivity contribution in [2.45, 2.75) is 24.4 Å². The molecule has 0 aliphatic rings. The Labute approximate surface area is 309 Å². The highest BCUT2D eigenvalue weighted by Crippen LogP contribution is 2.34. The third-order valence-electron chi connectivity index (χ3n) is 7.13. The molecule has 53 heavy (non-hydrogen) atoms. The fraction of sp³-hybridized carbons (Fsp3) is 0.267. The van der Waals surface area contributed by atoms with E-state index in [0.29, 0.717) is 22.6 Å². The molecule has 0 bridgehead atoms. The van der Waals surface area contributed by atoms with Crippen molar-refractivity contribution in [3.63, 3.8) is 0 Å². The maximum Gasteiger partial charge on any atom is 0.413 e. The minimum absolute atomic E-state index is 0.0178. The van der Waals surface area contributed by atoms with Crippen LogP contribution in [0.5, 0.6) is 5.75 Å². The number of anilines is 1. The van der Waals surface area contributed by atoms with Crippen molar-refractivity contribution in [2.75, 3.05) is 38.7 Å². The zero-order chi connectivity index (χ0) is 38.1. The van der Waals surface area contributed by atoms with Gasteiger partial charge < -0.3 is 23.7 Å². The van der Waals surface area contributed by atoms with E-state index in [0.717, 1.165) is 17.3 Å². The zero-order valence-corrected chi connectivity index (χ0v) is 30.2. The third kappa shape index (κ3) is 9.73. The lowest BCUT2D eigenvalue weighted by Gasteiger charge is -2.22. The van der Waals surface area contributed by atoms with E-state index >= 15 is 0 Å². The number of methoxy groups -OCH3 is 1. The number of hydrogen-bond donors (Lipinski definition) is 2. The van der Waals surface area contributed by atoms with Gasteiger partial charge in [0.15, 0.2) is 22.0 Å². The number of hydrogen-bond acceptors (Lipinski definition) is 16. The van der Waals surface area contributed by atoms with Gasteiger partial charge >= 0.3 is 12.1 Å². The van der Waals surface area contributed by atoms with Crippen LogP contribution in [0.25, 0.3) is 21.7 Å². The standard InChI is InChI=1S/C30H29ClN10O10S2/c1-3-50-24(43)14-39(11-10-35-53(47,48)30-38-37-28(52-30)21-9-6-19(31)12-22(21)41(45)46)23(42)13-40-17-34-25-26(32-16-33-27(25)40)36-29(44)51-15-18-4-7-20(49-2)8-5-18/h4-9,12,16-17,35H,3,10-11,13-15H2,1-2H3,(H,32,33,36,44). The van der Waals surface area contributed by atoms with Crippen molar-refractivity contribution < 1.29 is 41.9 Å². The van der Waals surface area contributed by atoms with Gasteiger partial charge in [0.1, 0.15) is 31.8 Å². The first kappa shape index (κ1) is 38.4. The normalized spacial score (nSPS) is 11.2. The summed E-state index contributed by atoms with van der Waals surface area (Å²) in [5.74, 6) is -0.697. The number of nitro groups is 1. The third-order valence-corrected chi connectivity index (χ3v) is 10.2. The Balaban J connectivity index is 1.24. The summed E-state index contributed by atoms with van der Waals surface area (Å²) < 4.78 is 44.6. The van der Waals surface area contributed by atoms with Gasteiger partial charge in [0.25, 0.3) is 15.7 Å². The highest BCUT2D eigenvalue weighted by Gasteiger charge is 2.26. The predicted octanol–water partition coefficient (Wildman–Crippen LogP) is 3.03. The van der Waals surface area contributed by atoms with Crippen LogP contribution in [-0.2, 0) is 42.2 Å². The average molecular weight is 789 g/mol. The summed E-state index contributed by atoms with van der Waals surface area (Å²) in [5.41, 5.74) is 0.671. The summed E-state index contributed by atoms with van der Waals surface area (Å²) >= 11 is 6.46. The van der Waals surface area contributed by atoms with E-state index < -0.39 is 43.8 Å². The molecular weight excluding hydrogens is 760 g/mol. The van der Waals surface area contributed by atoms with Crippen molar-refractivity contribution in [1.82, 2.24) is 39.3 Å². The van der Waals surface area contributed by atoms with Crippen molar-refractivity contribution in [3.8, 4) is 16.3 Å². The molecule has 0 aliphatic carbocycles. The molecular formula is C30H29ClN10O10S2. The van der Waals surface area contributed by atoms with E-state index in [1.807, 2.05) is 0 Å². The first-order valence-electron chi connectivity index (χ1n) is 15.3. The molecule has 2 amide bonds. The lowest BCUT2D eigenvalue weighted by atomic mass is 10.2. The summed E-state index contributed by atoms with van der Waals surface area (Å²) in [5, 5.41) is 21.5. The minimum Gasteiger partial charge on any atom is -0.497 e. The fourth-order valence-corrected chi connectivity index (χ4v) is 6.89. The molecule has 0 unspecified atom stereocenters. The molecule has 0 fully saturated rings. The number of sulfonamides is 1. The van der Waals surface area contributed by atoms with Crippen LogP contribution >= 0.6 is 22.9 Å². The predicted molar refractivity (Wildman–Crippen MR) is 188 cm³/mol. The van der Waals surface area contributed by atoms with Crippen LogP contribution in [0.4, 0.5) is 16.3 Å². The Morgan fingerprint density at radius 3 is 2.57 bits per heavy atom. The number of nitrogens with one attached hydrogen (secondary N) is 2. The van der Waals surface area contributed by atoms with E-state index in [4.69, 9.17) is 25.8 Å². The maximum atomic E-state index is 13.5. The van der Waals surface area contributed by atoms with Gasteiger partial charge in [-0.15, -0.1) is 10.2 Å². The molecule has 0 radical (unpaired) electrons. The molecule has 5 aromatic rings. The largest absolute Gasteiger partial charge is 0.497 e. The molecule has 3 heterocycles. The van der Waals surface area contributed by atoms with Gasteiger partial charge in [0, 0.05) is 24.2 Å². The molecule has 2 aromatic carbocycles. The summed E-state index contributed by atoms with van der Waals surface area (Å²) in [6, 6.07) is 10.8. The molecule has 0 saturated carbocycles. The monoisotopic (exact) mass is 788 g/mol. The van der Waals surface area contributed by atoms with Crippen LogP contribution in [0.1, 0.15) is 12.5 Å². The van der Waals surface area contributed by atoms with Crippen LogP contribution in [0.3, 0.4) is 0 Å². The van der Waals surface area contributed by atoms with E-state index in [1.165, 1.54) is 30.1 Å². The van der Waals surface area contributed by atoms with Gasteiger partial charge in [-0.25, -0.2) is 32.9 Å². The van der Waals surface area contributed by atoms with Gasteiger partial charge in [0.2, 0.25) is 10.2 Å². The number of esters is 1. The second kappa shape index (κ2) is 17.1.